The second-order valence-corrected chi connectivity index (χ2v) is 27.6. The molecule has 0 saturated carbocycles. The van der Waals surface area contributed by atoms with Gasteiger partial charge in [0.1, 0.15) is 0 Å². The quantitative estimate of drug-likeness (QED) is 0.212. The van der Waals surface area contributed by atoms with Gasteiger partial charge < -0.3 is 27.3 Å². The zero-order valence-electron chi connectivity index (χ0n) is 20.6. The van der Waals surface area contributed by atoms with E-state index in [2.05, 4.69) is 6.58 Å². The van der Waals surface area contributed by atoms with Crippen molar-refractivity contribution in [2.75, 3.05) is 13.2 Å². The predicted molar refractivity (Wildman–Crippen MR) is 131 cm³/mol. The first kappa shape index (κ1) is 29.9. The lowest BCUT2D eigenvalue weighted by atomic mass is 10.1. The summed E-state index contributed by atoms with van der Waals surface area (Å²) in [6.07, 6.45) is -0.311. The van der Waals surface area contributed by atoms with Crippen LogP contribution >= 0.6 is 0 Å². The Kier molecular flexibility index (Phi) is 11.6. The Morgan fingerprint density at radius 3 is 1.60 bits per heavy atom. The first-order valence-electron chi connectivity index (χ1n) is 10.6. The van der Waals surface area contributed by atoms with Crippen molar-refractivity contribution in [3.05, 3.63) is 12.2 Å². The molecule has 0 heterocycles. The molecular weight excluding hydrogens is 453 g/mol. The lowest BCUT2D eigenvalue weighted by Gasteiger charge is -2.47. The number of carbonyl (C=O) groups is 1. The minimum Gasteiger partial charge on any atom is -0.462 e. The number of hydrogen-bond donors (Lipinski definition) is 2. The molecule has 30 heavy (non-hydrogen) atoms. The van der Waals surface area contributed by atoms with Gasteiger partial charge in [0.25, 0.3) is 0 Å². The molecule has 0 radical (unpaired) electrons. The van der Waals surface area contributed by atoms with E-state index >= 15 is 0 Å². The minimum absolute atomic E-state index is 0.0578. The van der Waals surface area contributed by atoms with E-state index in [1.807, 2.05) is 65.8 Å². The van der Waals surface area contributed by atoms with Gasteiger partial charge >= 0.3 is 14.8 Å². The highest BCUT2D eigenvalue weighted by atomic mass is 28.5. The van der Waals surface area contributed by atoms with Crippen LogP contribution in [0.3, 0.4) is 0 Å². The molecule has 0 fully saturated rings. The molecule has 0 aromatic rings. The van der Waals surface area contributed by atoms with E-state index in [1.165, 1.54) is 0 Å². The van der Waals surface area contributed by atoms with E-state index < -0.39 is 58.0 Å². The summed E-state index contributed by atoms with van der Waals surface area (Å²) in [6.45, 7) is 24.2. The average Bonchev–Trinajstić information content (AvgIpc) is 2.51. The van der Waals surface area contributed by atoms with Crippen molar-refractivity contribution in [3.63, 3.8) is 0 Å². The summed E-state index contributed by atoms with van der Waals surface area (Å²) in [5, 5.41) is 19.9. The fourth-order valence-electron chi connectivity index (χ4n) is 2.83. The third kappa shape index (κ3) is 11.5. The molecule has 2 atom stereocenters. The normalized spacial score (nSPS) is 15.6. The molecule has 0 rings (SSSR count). The maximum Gasteiger partial charge on any atom is 0.477 e. The molecule has 0 spiro atoms. The molecule has 0 aliphatic rings. The zero-order valence-corrected chi connectivity index (χ0v) is 24.6. The molecule has 2 N–H and O–H groups in total. The van der Waals surface area contributed by atoms with Gasteiger partial charge in [0.15, 0.2) is 25.0 Å². The molecule has 0 aromatic carbocycles. The molecule has 178 valence electrons. The van der Waals surface area contributed by atoms with E-state index in [9.17, 15) is 15.0 Å². The zero-order chi connectivity index (χ0) is 24.0. The van der Waals surface area contributed by atoms with Gasteiger partial charge in [0, 0.05) is 5.57 Å². The lowest BCUT2D eigenvalue weighted by Crippen LogP contribution is -2.64. The highest BCUT2D eigenvalue weighted by Crippen LogP contribution is 2.41. The largest absolute Gasteiger partial charge is 0.477 e. The van der Waals surface area contributed by atoms with Crippen LogP contribution in [0, 0.1) is 0 Å². The SMILES string of the molecule is C=C(C(=O)OCCC)C(CC(O)CO)[Si](O[Si](C)(C)C)(O[Si](C)(C)C)O[Si](C)(C)C. The number of esters is 1. The number of rotatable bonds is 14. The Labute approximate surface area is 187 Å². The second kappa shape index (κ2) is 11.7. The van der Waals surface area contributed by atoms with Gasteiger partial charge in [-0.05, 0) is 71.8 Å². The van der Waals surface area contributed by atoms with Crippen LogP contribution < -0.4 is 0 Å². The number of aliphatic hydroxyl groups excluding tert-OH is 2. The Bertz CT molecular complexity index is 524. The number of carbonyl (C=O) groups excluding carboxylic acids is 1. The van der Waals surface area contributed by atoms with Crippen molar-refractivity contribution in [2.45, 2.75) is 90.3 Å². The van der Waals surface area contributed by atoms with Gasteiger partial charge in [-0.3, -0.25) is 0 Å². The Morgan fingerprint density at radius 1 is 0.900 bits per heavy atom. The van der Waals surface area contributed by atoms with E-state index in [0.29, 0.717) is 6.42 Å². The summed E-state index contributed by atoms with van der Waals surface area (Å²) >= 11 is 0. The fraction of sp³-hybridized carbons (Fsp3) is 0.842. The minimum atomic E-state index is -3.56. The molecule has 0 aromatic heterocycles. The molecule has 0 aliphatic heterocycles. The van der Waals surface area contributed by atoms with Crippen LogP contribution in [0.1, 0.15) is 19.8 Å². The van der Waals surface area contributed by atoms with Gasteiger partial charge in [-0.15, -0.1) is 0 Å². The Hall–Kier alpha value is -0.122. The Morgan fingerprint density at radius 2 is 1.30 bits per heavy atom. The van der Waals surface area contributed by atoms with Crippen LogP contribution in [-0.4, -0.2) is 69.3 Å². The predicted octanol–water partition coefficient (Wildman–Crippen LogP) is 4.10. The number of aliphatic hydroxyl groups is 2. The third-order valence-corrected chi connectivity index (χ3v) is 15.8. The van der Waals surface area contributed by atoms with Crippen molar-refractivity contribution in [1.29, 1.82) is 0 Å². The van der Waals surface area contributed by atoms with Crippen LogP contribution in [0.15, 0.2) is 12.2 Å². The average molecular weight is 497 g/mol. The van der Waals surface area contributed by atoms with Crippen molar-refractivity contribution in [2.24, 2.45) is 0 Å². The van der Waals surface area contributed by atoms with Gasteiger partial charge in [-0.2, -0.15) is 0 Å². The smallest absolute Gasteiger partial charge is 0.462 e. The molecule has 0 aliphatic carbocycles. The van der Waals surface area contributed by atoms with Gasteiger partial charge in [-0.1, -0.05) is 13.5 Å². The molecular formula is C19H44O7Si4. The van der Waals surface area contributed by atoms with Crippen molar-refractivity contribution in [3.8, 4) is 0 Å². The monoisotopic (exact) mass is 496 g/mol. The summed E-state index contributed by atoms with van der Waals surface area (Å²) in [5.41, 5.74) is -0.522. The maximum absolute atomic E-state index is 12.8. The molecule has 2 unspecified atom stereocenters. The number of ether oxygens (including phenoxy) is 1. The number of hydrogen-bond acceptors (Lipinski definition) is 7. The lowest BCUT2D eigenvalue weighted by molar-refractivity contribution is -0.139. The molecule has 0 bridgehead atoms. The van der Waals surface area contributed by atoms with Gasteiger partial charge in [0.05, 0.1) is 24.9 Å². The van der Waals surface area contributed by atoms with E-state index in [4.69, 9.17) is 17.1 Å². The highest BCUT2D eigenvalue weighted by molar-refractivity contribution is 6.91. The van der Waals surface area contributed by atoms with Crippen LogP contribution in [0.2, 0.25) is 64.5 Å². The van der Waals surface area contributed by atoms with E-state index in [-0.39, 0.29) is 18.6 Å². The summed E-state index contributed by atoms with van der Waals surface area (Å²) < 4.78 is 25.4. The van der Waals surface area contributed by atoms with E-state index in [0.717, 1.165) is 0 Å². The first-order valence-corrected chi connectivity index (χ1v) is 22.6. The topological polar surface area (TPSA) is 94.5 Å². The third-order valence-electron chi connectivity index (χ3n) is 3.61. The van der Waals surface area contributed by atoms with Crippen LogP contribution in [-0.2, 0) is 21.9 Å². The standard InChI is InChI=1S/C19H44O7Si4/c1-12-13-23-19(22)16(2)18(14-17(21)15-20)30(24-27(3,4)5,25-28(6,7)8)26-29(9,10)11/h17-18,20-21H,2,12-15H2,1,3-11H3. The summed E-state index contributed by atoms with van der Waals surface area (Å²) in [4.78, 5) is 12.8. The van der Waals surface area contributed by atoms with Crippen LogP contribution in [0.4, 0.5) is 0 Å². The molecule has 11 heteroatoms. The maximum atomic E-state index is 12.8. The summed E-state index contributed by atoms with van der Waals surface area (Å²) in [5.74, 6) is -0.540. The van der Waals surface area contributed by atoms with Crippen molar-refractivity contribution >= 4 is 39.7 Å². The fourth-order valence-corrected chi connectivity index (χ4v) is 17.5. The van der Waals surface area contributed by atoms with Crippen molar-refractivity contribution < 1.29 is 32.1 Å². The second-order valence-electron chi connectivity index (χ2n) is 10.5. The first-order chi connectivity index (χ1) is 13.4. The summed E-state index contributed by atoms with van der Waals surface area (Å²) in [6, 6.07) is 0. The Balaban J connectivity index is 6.63. The van der Waals surface area contributed by atoms with Crippen LogP contribution in [0.5, 0.6) is 0 Å². The molecule has 0 amide bonds. The molecule has 7 nitrogen and oxygen atoms in total. The highest BCUT2D eigenvalue weighted by Gasteiger charge is 2.58. The molecule has 0 saturated heterocycles. The summed E-state index contributed by atoms with van der Waals surface area (Å²) in [7, 11) is -10.2. The van der Waals surface area contributed by atoms with Crippen LogP contribution in [0.25, 0.3) is 0 Å². The van der Waals surface area contributed by atoms with E-state index in [1.54, 1.807) is 0 Å². The van der Waals surface area contributed by atoms with Gasteiger partial charge in [0.2, 0.25) is 0 Å². The van der Waals surface area contributed by atoms with Gasteiger partial charge in [-0.25, -0.2) is 4.79 Å². The van der Waals surface area contributed by atoms with Crippen molar-refractivity contribution in [1.82, 2.24) is 0 Å².